The van der Waals surface area contributed by atoms with Gasteiger partial charge in [-0.25, -0.2) is 4.31 Å². The molecule has 4 N–H and O–H groups in total. The van der Waals surface area contributed by atoms with Gasteiger partial charge in [0.2, 0.25) is 0 Å². The molecule has 1 amide bonds. The van der Waals surface area contributed by atoms with Crippen molar-refractivity contribution in [2.45, 2.75) is 70.9 Å². The number of carbonyl (C=O) groups excluding carboxylic acids is 1. The number of amides is 1. The van der Waals surface area contributed by atoms with Crippen LogP contribution >= 0.6 is 11.9 Å². The molecule has 0 radical (unpaired) electrons. The number of nitrogens with zero attached hydrogens (tertiary/aromatic N) is 2. The Morgan fingerprint density at radius 1 is 1.09 bits per heavy atom. The fraction of sp³-hybridized carbons (Fsp3) is 0.457. The fourth-order valence-corrected chi connectivity index (χ4v) is 7.23. The number of nitrogens with one attached hydrogen (secondary N) is 4. The maximum absolute atomic E-state index is 13.9. The van der Waals surface area contributed by atoms with Gasteiger partial charge in [0.05, 0.1) is 12.2 Å². The third kappa shape index (κ3) is 7.98. The van der Waals surface area contributed by atoms with Gasteiger partial charge in [0.15, 0.2) is 0 Å². The van der Waals surface area contributed by atoms with Crippen molar-refractivity contribution in [3.63, 3.8) is 0 Å². The molecule has 10 heteroatoms. The van der Waals surface area contributed by atoms with Crippen LogP contribution < -0.4 is 20.9 Å². The van der Waals surface area contributed by atoms with Gasteiger partial charge < -0.3 is 30.7 Å². The zero-order chi connectivity index (χ0) is 31.9. The molecule has 45 heavy (non-hydrogen) atoms. The van der Waals surface area contributed by atoms with Gasteiger partial charge >= 0.3 is 0 Å². The van der Waals surface area contributed by atoms with Gasteiger partial charge in [0.25, 0.3) is 11.5 Å². The molecule has 240 valence electrons. The summed E-state index contributed by atoms with van der Waals surface area (Å²) in [5, 5.41) is 15.0. The average molecular weight is 631 g/mol. The number of aromatic amines is 1. The second kappa shape index (κ2) is 15.1. The highest BCUT2D eigenvalue weighted by atomic mass is 32.2. The molecule has 1 saturated heterocycles. The van der Waals surface area contributed by atoms with Crippen molar-refractivity contribution in [2.24, 2.45) is 0 Å². The van der Waals surface area contributed by atoms with E-state index in [1.165, 1.54) is 6.21 Å². The van der Waals surface area contributed by atoms with E-state index in [-0.39, 0.29) is 18.0 Å². The van der Waals surface area contributed by atoms with Crippen LogP contribution in [0.5, 0.6) is 5.75 Å². The highest BCUT2D eigenvalue weighted by Gasteiger charge is 2.23. The number of piperazine rings is 1. The van der Waals surface area contributed by atoms with Crippen LogP contribution in [0.25, 0.3) is 11.1 Å². The summed E-state index contributed by atoms with van der Waals surface area (Å²) in [6, 6.07) is 12.4. The number of rotatable bonds is 12. The summed E-state index contributed by atoms with van der Waals surface area (Å²) < 4.78 is 8.51. The molecule has 0 spiro atoms. The largest absolute Gasteiger partial charge is 0.493 e. The molecule has 2 fully saturated rings. The van der Waals surface area contributed by atoms with Gasteiger partial charge in [-0.2, -0.15) is 0 Å². The molecular formula is C35H46N6O3S. The summed E-state index contributed by atoms with van der Waals surface area (Å²) in [4.78, 5) is 32.9. The molecule has 0 unspecified atom stereocenters. The predicted molar refractivity (Wildman–Crippen MR) is 184 cm³/mol. The summed E-state index contributed by atoms with van der Waals surface area (Å²) in [7, 11) is 0. The molecular weight excluding hydrogens is 584 g/mol. The van der Waals surface area contributed by atoms with E-state index in [1.807, 2.05) is 39.0 Å². The average Bonchev–Trinajstić information content (AvgIpc) is 3.54. The van der Waals surface area contributed by atoms with Gasteiger partial charge in [-0.15, -0.1) is 0 Å². The Morgan fingerprint density at radius 2 is 1.84 bits per heavy atom. The van der Waals surface area contributed by atoms with E-state index in [9.17, 15) is 9.59 Å². The lowest BCUT2D eigenvalue weighted by Crippen LogP contribution is -2.43. The zero-order valence-electron chi connectivity index (χ0n) is 26.9. The van der Waals surface area contributed by atoms with E-state index in [0.717, 1.165) is 97.1 Å². The van der Waals surface area contributed by atoms with E-state index in [1.54, 1.807) is 11.9 Å². The van der Waals surface area contributed by atoms with Crippen LogP contribution in [-0.2, 0) is 6.54 Å². The Labute approximate surface area is 270 Å². The molecule has 5 rings (SSSR count). The third-order valence-electron chi connectivity index (χ3n) is 8.78. The van der Waals surface area contributed by atoms with Crippen LogP contribution in [-0.4, -0.2) is 71.7 Å². The molecule has 2 aromatic carbocycles. The molecule has 2 aliphatic rings. The molecule has 0 bridgehead atoms. The van der Waals surface area contributed by atoms with E-state index in [0.29, 0.717) is 29.3 Å². The first-order chi connectivity index (χ1) is 21.8. The molecule has 3 aromatic rings. The first-order valence-electron chi connectivity index (χ1n) is 16.1. The number of pyridine rings is 1. The van der Waals surface area contributed by atoms with Crippen molar-refractivity contribution in [3.8, 4) is 16.9 Å². The zero-order valence-corrected chi connectivity index (χ0v) is 27.7. The quantitative estimate of drug-likeness (QED) is 0.144. The van der Waals surface area contributed by atoms with Crippen molar-refractivity contribution in [1.29, 1.82) is 5.41 Å². The lowest BCUT2D eigenvalue weighted by molar-refractivity contribution is 0.0950. The highest BCUT2D eigenvalue weighted by Crippen LogP contribution is 2.39. The number of H-pyrrole nitrogens is 1. The second-order valence-electron chi connectivity index (χ2n) is 11.9. The third-order valence-corrected chi connectivity index (χ3v) is 9.87. The Morgan fingerprint density at radius 3 is 2.51 bits per heavy atom. The van der Waals surface area contributed by atoms with Gasteiger partial charge in [0, 0.05) is 77.9 Å². The van der Waals surface area contributed by atoms with Gasteiger partial charge in [-0.3, -0.25) is 9.59 Å². The maximum Gasteiger partial charge on any atom is 0.253 e. The van der Waals surface area contributed by atoms with E-state index in [4.69, 9.17) is 10.1 Å². The van der Waals surface area contributed by atoms with E-state index < -0.39 is 0 Å². The Hall–Kier alpha value is -3.60. The molecule has 9 nitrogen and oxygen atoms in total. The van der Waals surface area contributed by atoms with E-state index in [2.05, 4.69) is 49.9 Å². The lowest BCUT2D eigenvalue weighted by atomic mass is 9.95. The molecule has 0 atom stereocenters. The Bertz CT molecular complexity index is 1570. The van der Waals surface area contributed by atoms with Crippen LogP contribution in [0.2, 0.25) is 0 Å². The number of hydrogen-bond donors (Lipinski definition) is 4. The number of aromatic nitrogens is 1. The van der Waals surface area contributed by atoms with Gasteiger partial charge in [-0.05, 0) is 99.6 Å². The molecule has 1 aliphatic heterocycles. The predicted octanol–water partition coefficient (Wildman–Crippen LogP) is 5.98. The van der Waals surface area contributed by atoms with E-state index >= 15 is 0 Å². The summed E-state index contributed by atoms with van der Waals surface area (Å²) in [6.45, 7) is 13.7. The fourth-order valence-electron chi connectivity index (χ4n) is 6.29. The number of hydrogen-bond acceptors (Lipinski definition) is 8. The number of anilines is 1. The van der Waals surface area contributed by atoms with Crippen LogP contribution in [0.1, 0.15) is 72.3 Å². The lowest BCUT2D eigenvalue weighted by Gasteiger charge is -2.33. The van der Waals surface area contributed by atoms with Crippen LogP contribution in [0, 0.1) is 19.3 Å². The van der Waals surface area contributed by atoms with Gasteiger partial charge in [-0.1, -0.05) is 19.8 Å². The maximum atomic E-state index is 13.9. The van der Waals surface area contributed by atoms with Crippen molar-refractivity contribution in [1.82, 2.24) is 19.5 Å². The second-order valence-corrected chi connectivity index (χ2v) is 13.1. The summed E-state index contributed by atoms with van der Waals surface area (Å²) in [5.41, 5.74) is 5.36. The summed E-state index contributed by atoms with van der Waals surface area (Å²) in [6.07, 6.45) is 5.69. The van der Waals surface area contributed by atoms with Crippen molar-refractivity contribution < 1.29 is 9.53 Å². The van der Waals surface area contributed by atoms with Crippen molar-refractivity contribution in [2.75, 3.05) is 44.6 Å². The minimum absolute atomic E-state index is 0.0922. The van der Waals surface area contributed by atoms with Crippen molar-refractivity contribution in [3.05, 3.63) is 74.7 Å². The number of aryl methyl sites for hydroxylation is 2. The first-order valence-corrected chi connectivity index (χ1v) is 16.9. The first kappa shape index (κ1) is 32.8. The monoisotopic (exact) mass is 630 g/mol. The summed E-state index contributed by atoms with van der Waals surface area (Å²) >= 11 is 1.76. The molecule has 1 aromatic heterocycles. The Kier molecular flexibility index (Phi) is 11.0. The number of benzene rings is 2. The summed E-state index contributed by atoms with van der Waals surface area (Å²) in [5.74, 6) is 0.418. The standard InChI is InChI=1S/C35H46N6O3S/c1-5-40-13-15-41(16-14-40)45-27-11-12-33(44-6-2)28(20-27)25-18-29(30(21-36)32(19-25)39-26-9-7-8-10-26)34(42)37-22-31-23(3)17-24(4)38-35(31)43/h11-12,17-21,26,36,39H,5-10,13-16,22H2,1-4H3,(H,37,42)(H,38,43). The molecule has 1 saturated carbocycles. The smallest absolute Gasteiger partial charge is 0.253 e. The molecule has 2 heterocycles. The minimum atomic E-state index is -0.332. The highest BCUT2D eigenvalue weighted by molar-refractivity contribution is 7.97. The number of likely N-dealkylation sites (N-methyl/N-ethyl adjacent to an activating group) is 1. The number of carbonyl (C=O) groups is 1. The van der Waals surface area contributed by atoms with Crippen molar-refractivity contribution >= 4 is 29.8 Å². The topological polar surface area (TPSA) is 114 Å². The van der Waals surface area contributed by atoms with Crippen LogP contribution in [0.15, 0.2) is 46.1 Å². The van der Waals surface area contributed by atoms with Crippen LogP contribution in [0.4, 0.5) is 5.69 Å². The normalized spacial score (nSPS) is 16.1. The minimum Gasteiger partial charge on any atom is -0.493 e. The van der Waals surface area contributed by atoms with Gasteiger partial charge in [0.1, 0.15) is 5.75 Å². The number of ether oxygens (including phenoxy) is 1. The van der Waals surface area contributed by atoms with Crippen LogP contribution in [0.3, 0.4) is 0 Å². The Balaban J connectivity index is 1.52. The SMILES string of the molecule is CCOc1ccc(SN2CCN(CC)CC2)cc1-c1cc(NC2CCCC2)c(C=N)c(C(=O)NCc2c(C)cc(C)[nH]c2=O)c1. The molecule has 1 aliphatic carbocycles.